The van der Waals surface area contributed by atoms with Crippen molar-refractivity contribution in [3.8, 4) is 0 Å². The molecule has 0 unspecified atom stereocenters. The van der Waals surface area contributed by atoms with Gasteiger partial charge in [-0.05, 0) is 5.75 Å². The highest BCUT2D eigenvalue weighted by Crippen LogP contribution is 2.23. The van der Waals surface area contributed by atoms with E-state index < -0.39 is 5.41 Å². The molecule has 0 heterocycles. The third kappa shape index (κ3) is 11.7. The Balaban J connectivity index is 4.98. The van der Waals surface area contributed by atoms with Gasteiger partial charge in [0.15, 0.2) is 0 Å². The Bertz CT molecular complexity index is 362. The second-order valence-corrected chi connectivity index (χ2v) is 6.84. The molecular weight excluding hydrogens is 384 g/mol. The van der Waals surface area contributed by atoms with Crippen molar-refractivity contribution in [2.45, 2.75) is 19.3 Å². The van der Waals surface area contributed by atoms with Crippen LogP contribution in [0.5, 0.6) is 0 Å². The lowest BCUT2D eigenvalue weighted by molar-refractivity contribution is -0.160. The summed E-state index contributed by atoms with van der Waals surface area (Å²) in [5, 5.41) is 0. The first-order chi connectivity index (χ1) is 11.9. The van der Waals surface area contributed by atoms with E-state index in [4.69, 9.17) is 18.9 Å². The largest absolute Gasteiger partial charge is 0.498 e. The molecule has 0 aromatic heterocycles. The zero-order chi connectivity index (χ0) is 19.1. The highest BCUT2D eigenvalue weighted by atomic mass is 32.1. The predicted molar refractivity (Wildman–Crippen MR) is 107 cm³/mol. The molecule has 0 atom stereocenters. The van der Waals surface area contributed by atoms with Gasteiger partial charge in [0.25, 0.3) is 0 Å². The van der Waals surface area contributed by atoms with Crippen molar-refractivity contribution in [2.24, 2.45) is 5.41 Å². The Hall–Kier alpha value is -0.510. The molecule has 9 heteroatoms. The number of allylic oxidation sites excluding steroid dienone is 1. The number of esters is 2. The SMILES string of the molecule is C=C(CCS)OCC(COC)(COC(=O)CCS)COC(=O)CCS. The summed E-state index contributed by atoms with van der Waals surface area (Å²) in [7, 11) is 1.52. The fourth-order valence-corrected chi connectivity index (χ4v) is 2.42. The summed E-state index contributed by atoms with van der Waals surface area (Å²) >= 11 is 12.1. The molecule has 146 valence electrons. The second kappa shape index (κ2) is 14.6. The number of rotatable bonds is 15. The summed E-state index contributed by atoms with van der Waals surface area (Å²) < 4.78 is 21.5. The van der Waals surface area contributed by atoms with E-state index in [-0.39, 0.29) is 51.2 Å². The van der Waals surface area contributed by atoms with Crippen molar-refractivity contribution in [1.82, 2.24) is 0 Å². The molecule has 6 nitrogen and oxygen atoms in total. The van der Waals surface area contributed by atoms with E-state index in [1.54, 1.807) is 0 Å². The molecular formula is C16H28O6S3. The molecule has 0 aliphatic rings. The first-order valence-electron chi connectivity index (χ1n) is 7.86. The van der Waals surface area contributed by atoms with Gasteiger partial charge in [-0.3, -0.25) is 9.59 Å². The van der Waals surface area contributed by atoms with Gasteiger partial charge in [0.1, 0.15) is 19.8 Å². The highest BCUT2D eigenvalue weighted by molar-refractivity contribution is 7.80. The summed E-state index contributed by atoms with van der Waals surface area (Å²) in [4.78, 5) is 23.4. The van der Waals surface area contributed by atoms with Crippen molar-refractivity contribution in [3.05, 3.63) is 12.3 Å². The number of carbonyl (C=O) groups excluding carboxylic acids is 2. The highest BCUT2D eigenvalue weighted by Gasteiger charge is 2.35. The second-order valence-electron chi connectivity index (χ2n) is 5.50. The van der Waals surface area contributed by atoms with Crippen LogP contribution in [-0.4, -0.2) is 62.7 Å². The number of hydrogen-bond donors (Lipinski definition) is 3. The van der Waals surface area contributed by atoms with Gasteiger partial charge < -0.3 is 18.9 Å². The standard InChI is InChI=1S/C16H28O6S3/c1-13(3-6-23)20-10-16(9-19-2,11-21-14(17)4-7-24)12-22-15(18)5-8-25/h23-25H,1,3-12H2,2H3. The van der Waals surface area contributed by atoms with E-state index in [9.17, 15) is 9.59 Å². The summed E-state index contributed by atoms with van der Waals surface area (Å²) in [6, 6.07) is 0. The Labute approximate surface area is 166 Å². The first-order valence-corrected chi connectivity index (χ1v) is 9.76. The number of thiol groups is 3. The van der Waals surface area contributed by atoms with Gasteiger partial charge in [0.05, 0.1) is 30.6 Å². The molecule has 0 aromatic carbocycles. The van der Waals surface area contributed by atoms with Crippen LogP contribution in [0.1, 0.15) is 19.3 Å². The lowest BCUT2D eigenvalue weighted by Crippen LogP contribution is -2.42. The number of ether oxygens (including phenoxy) is 4. The minimum Gasteiger partial charge on any atom is -0.498 e. The van der Waals surface area contributed by atoms with E-state index in [1.165, 1.54) is 7.11 Å². The van der Waals surface area contributed by atoms with Crippen LogP contribution in [0.4, 0.5) is 0 Å². The Morgan fingerprint density at radius 1 is 0.800 bits per heavy atom. The molecule has 0 saturated carbocycles. The van der Waals surface area contributed by atoms with Gasteiger partial charge >= 0.3 is 11.9 Å². The molecule has 0 amide bonds. The van der Waals surface area contributed by atoms with Gasteiger partial charge in [0.2, 0.25) is 0 Å². The number of hydrogen-bond acceptors (Lipinski definition) is 9. The predicted octanol–water partition coefficient (Wildman–Crippen LogP) is 2.20. The molecule has 25 heavy (non-hydrogen) atoms. The van der Waals surface area contributed by atoms with Crippen molar-refractivity contribution in [2.75, 3.05) is 50.8 Å². The average Bonchev–Trinajstić information content (AvgIpc) is 2.57. The fraction of sp³-hybridized carbons (Fsp3) is 0.750. The maximum absolute atomic E-state index is 11.7. The molecule has 0 aromatic rings. The third-order valence-corrected chi connectivity index (χ3v) is 3.81. The average molecular weight is 413 g/mol. The smallest absolute Gasteiger partial charge is 0.306 e. The Morgan fingerprint density at radius 3 is 1.64 bits per heavy atom. The topological polar surface area (TPSA) is 71.1 Å². The summed E-state index contributed by atoms with van der Waals surface area (Å²) in [5.74, 6) is 1.17. The summed E-state index contributed by atoms with van der Waals surface area (Å²) in [6.07, 6.45) is 0.975. The van der Waals surface area contributed by atoms with Crippen molar-refractivity contribution in [3.63, 3.8) is 0 Å². The minimum atomic E-state index is -0.827. The molecule has 0 fully saturated rings. The molecule has 0 aliphatic heterocycles. The summed E-state index contributed by atoms with van der Waals surface area (Å²) in [6.45, 7) is 4.12. The zero-order valence-electron chi connectivity index (χ0n) is 14.6. The van der Waals surface area contributed by atoms with Crippen LogP contribution in [0.2, 0.25) is 0 Å². The van der Waals surface area contributed by atoms with Crippen LogP contribution in [0, 0.1) is 5.41 Å². The molecule has 0 radical (unpaired) electrons. The van der Waals surface area contributed by atoms with Gasteiger partial charge in [0, 0.05) is 25.0 Å². The maximum Gasteiger partial charge on any atom is 0.306 e. The number of methoxy groups -OCH3 is 1. The first kappa shape index (κ1) is 24.5. The molecule has 0 rings (SSSR count). The Kier molecular flexibility index (Phi) is 14.3. The Morgan fingerprint density at radius 2 is 1.24 bits per heavy atom. The molecule has 0 bridgehead atoms. The van der Waals surface area contributed by atoms with Crippen LogP contribution in [0.3, 0.4) is 0 Å². The lowest BCUT2D eigenvalue weighted by Gasteiger charge is -2.32. The minimum absolute atomic E-state index is 0.00421. The van der Waals surface area contributed by atoms with Crippen LogP contribution >= 0.6 is 37.9 Å². The van der Waals surface area contributed by atoms with E-state index in [0.717, 1.165) is 0 Å². The van der Waals surface area contributed by atoms with Crippen LogP contribution < -0.4 is 0 Å². The molecule has 0 spiro atoms. The van der Waals surface area contributed by atoms with Gasteiger partial charge in [-0.25, -0.2) is 0 Å². The van der Waals surface area contributed by atoms with Crippen molar-refractivity contribution >= 4 is 49.8 Å². The van der Waals surface area contributed by atoms with Crippen LogP contribution in [0.15, 0.2) is 12.3 Å². The lowest BCUT2D eigenvalue weighted by atomic mass is 9.92. The monoisotopic (exact) mass is 412 g/mol. The van der Waals surface area contributed by atoms with Gasteiger partial charge in [-0.15, -0.1) is 0 Å². The van der Waals surface area contributed by atoms with Crippen LogP contribution in [0.25, 0.3) is 0 Å². The summed E-state index contributed by atoms with van der Waals surface area (Å²) in [5.41, 5.74) is -0.827. The zero-order valence-corrected chi connectivity index (χ0v) is 17.3. The third-order valence-electron chi connectivity index (χ3n) is 3.13. The quantitative estimate of drug-likeness (QED) is 0.218. The maximum atomic E-state index is 11.7. The van der Waals surface area contributed by atoms with Crippen LogP contribution in [-0.2, 0) is 28.5 Å². The molecule has 0 aliphatic carbocycles. The van der Waals surface area contributed by atoms with Crippen molar-refractivity contribution < 1.29 is 28.5 Å². The van der Waals surface area contributed by atoms with E-state index in [2.05, 4.69) is 44.5 Å². The molecule has 0 N–H and O–H groups in total. The normalized spacial score (nSPS) is 11.0. The van der Waals surface area contributed by atoms with E-state index >= 15 is 0 Å². The van der Waals surface area contributed by atoms with Gasteiger partial charge in [-0.2, -0.15) is 37.9 Å². The van der Waals surface area contributed by atoms with E-state index in [1.807, 2.05) is 0 Å². The number of carbonyl (C=O) groups is 2. The van der Waals surface area contributed by atoms with E-state index in [0.29, 0.717) is 29.4 Å². The van der Waals surface area contributed by atoms with Gasteiger partial charge in [-0.1, -0.05) is 6.58 Å². The molecule has 0 saturated heterocycles. The van der Waals surface area contributed by atoms with Crippen molar-refractivity contribution in [1.29, 1.82) is 0 Å². The fourth-order valence-electron chi connectivity index (χ4n) is 1.80.